The van der Waals surface area contributed by atoms with Gasteiger partial charge in [0.1, 0.15) is 17.8 Å². The number of fused-ring (bicyclic) bond motifs is 5. The quantitative estimate of drug-likeness (QED) is 0.496. The number of halogens is 2. The molecule has 0 aromatic rings. The molecule has 0 aromatic heterocycles. The van der Waals surface area contributed by atoms with Crippen molar-refractivity contribution in [3.05, 3.63) is 23.8 Å². The first kappa shape index (κ1) is 29.2. The zero-order valence-electron chi connectivity index (χ0n) is 23.2. The first-order valence-electron chi connectivity index (χ1n) is 13.5. The summed E-state index contributed by atoms with van der Waals surface area (Å²) >= 11 is 0. The van der Waals surface area contributed by atoms with E-state index >= 15 is 8.78 Å². The summed E-state index contributed by atoms with van der Waals surface area (Å²) in [5, 5.41) is 20.5. The Balaban J connectivity index is 1.85. The van der Waals surface area contributed by atoms with Gasteiger partial charge >= 0.3 is 12.1 Å². The van der Waals surface area contributed by atoms with Gasteiger partial charge in [-0.25, -0.2) is 13.6 Å². The van der Waals surface area contributed by atoms with Gasteiger partial charge in [0.25, 0.3) is 0 Å². The van der Waals surface area contributed by atoms with Crippen LogP contribution in [0, 0.1) is 45.8 Å². The van der Waals surface area contributed by atoms with E-state index in [1.807, 2.05) is 0 Å². The van der Waals surface area contributed by atoms with E-state index in [1.165, 1.54) is 13.0 Å². The van der Waals surface area contributed by atoms with Crippen LogP contribution >= 0.6 is 0 Å². The molecule has 8 nitrogen and oxygen atoms in total. The van der Waals surface area contributed by atoms with Crippen LogP contribution in [0.1, 0.15) is 60.8 Å². The summed E-state index contributed by atoms with van der Waals surface area (Å²) in [7, 11) is 0. The first-order chi connectivity index (χ1) is 18.1. The van der Waals surface area contributed by atoms with Crippen molar-refractivity contribution in [2.45, 2.75) is 90.5 Å². The lowest BCUT2D eigenvalue weighted by molar-refractivity contribution is -0.237. The number of carbonyl (C=O) groups excluding carboxylic acids is 3. The number of aliphatic hydroxyl groups excluding tert-OH is 1. The minimum atomic E-state index is -2.54. The van der Waals surface area contributed by atoms with Crippen molar-refractivity contribution in [2.75, 3.05) is 6.61 Å². The standard InChI is InChI=1S/C29H37F2NO7/c1-7-26(3,4)39-25(36)38-23-21-17-12-15(2)20(24(35)37-11-10-32)27(17,5)14-19(34)29(21,31)28(6)9-8-16(33)13-18(28)22(23)30/h8-9,13,15,17,19-23,34H,7,11-12,14H2,1-6H3/t15-,17+,19+,20+,21-,22-,23?,27+,28+,29-/m1/s1. The number of rotatable bonds is 5. The highest BCUT2D eigenvalue weighted by Gasteiger charge is 2.76. The third-order valence-corrected chi connectivity index (χ3v) is 9.98. The van der Waals surface area contributed by atoms with Crippen LogP contribution in [-0.4, -0.2) is 59.3 Å². The summed E-state index contributed by atoms with van der Waals surface area (Å²) < 4.78 is 50.4. The Morgan fingerprint density at radius 1 is 1.31 bits per heavy atom. The van der Waals surface area contributed by atoms with Crippen molar-refractivity contribution in [3.63, 3.8) is 0 Å². The van der Waals surface area contributed by atoms with E-state index in [4.69, 9.17) is 19.5 Å². The Morgan fingerprint density at radius 2 is 1.97 bits per heavy atom. The lowest BCUT2D eigenvalue weighted by Gasteiger charge is -2.63. The van der Waals surface area contributed by atoms with Crippen LogP contribution < -0.4 is 0 Å². The van der Waals surface area contributed by atoms with Crippen LogP contribution in [-0.2, 0) is 23.8 Å². The molecule has 0 aromatic carbocycles. The number of ether oxygens (including phenoxy) is 3. The molecule has 4 aliphatic carbocycles. The highest BCUT2D eigenvalue weighted by molar-refractivity contribution is 6.01. The van der Waals surface area contributed by atoms with E-state index < -0.39 is 82.7 Å². The predicted molar refractivity (Wildman–Crippen MR) is 134 cm³/mol. The van der Waals surface area contributed by atoms with Crippen LogP contribution in [0.2, 0.25) is 0 Å². The van der Waals surface area contributed by atoms with Crippen LogP contribution in [0.15, 0.2) is 23.8 Å². The van der Waals surface area contributed by atoms with Gasteiger partial charge < -0.3 is 19.3 Å². The average molecular weight is 550 g/mol. The normalized spacial score (nSPS) is 42.8. The fourth-order valence-electron chi connectivity index (χ4n) is 7.79. The Bertz CT molecular complexity index is 1160. The van der Waals surface area contributed by atoms with Gasteiger partial charge in [-0.2, -0.15) is 5.26 Å². The minimum absolute atomic E-state index is 0.150. The topological polar surface area (TPSA) is 123 Å². The number of carbonyl (C=O) groups is 3. The van der Waals surface area contributed by atoms with Crippen molar-refractivity contribution in [2.24, 2.45) is 34.5 Å². The molecular formula is C29H37F2NO7. The molecule has 0 spiro atoms. The molecule has 0 heterocycles. The maximum Gasteiger partial charge on any atom is 0.509 e. The second kappa shape index (κ2) is 9.69. The van der Waals surface area contributed by atoms with Crippen LogP contribution in [0.4, 0.5) is 13.6 Å². The number of nitrogens with zero attached hydrogens (tertiary/aromatic N) is 1. The van der Waals surface area contributed by atoms with Crippen LogP contribution in [0.3, 0.4) is 0 Å². The Hall–Kier alpha value is -2.80. The smallest absolute Gasteiger partial charge is 0.450 e. The summed E-state index contributed by atoms with van der Waals surface area (Å²) in [5.74, 6) is -4.41. The van der Waals surface area contributed by atoms with Crippen molar-refractivity contribution in [3.8, 4) is 6.07 Å². The molecule has 0 aliphatic heterocycles. The molecular weight excluding hydrogens is 512 g/mol. The van der Waals surface area contributed by atoms with Crippen LogP contribution in [0.5, 0.6) is 0 Å². The third kappa shape index (κ3) is 4.28. The van der Waals surface area contributed by atoms with Gasteiger partial charge in [0.2, 0.25) is 0 Å². The van der Waals surface area contributed by atoms with Gasteiger partial charge in [-0.3, -0.25) is 9.59 Å². The van der Waals surface area contributed by atoms with Gasteiger partial charge in [-0.05, 0) is 75.0 Å². The molecule has 10 heteroatoms. The largest absolute Gasteiger partial charge is 0.509 e. The average Bonchev–Trinajstić information content (AvgIpc) is 3.11. The number of esters is 1. The number of nitriles is 1. The predicted octanol–water partition coefficient (Wildman–Crippen LogP) is 4.55. The summed E-state index contributed by atoms with van der Waals surface area (Å²) in [6, 6.07) is 1.76. The SMILES string of the molecule is CCC(C)(C)OC(=O)OC1[C@H](F)C2=CC(=O)C=C[C@]2(C)[C@@]2(F)[C@@H](O)C[C@]3(C)[C@H](C(=O)OCC#N)[C@H](C)C[C@H]3[C@H]12. The van der Waals surface area contributed by atoms with E-state index in [0.29, 0.717) is 6.42 Å². The molecule has 0 saturated heterocycles. The lowest BCUT2D eigenvalue weighted by atomic mass is 9.44. The molecule has 39 heavy (non-hydrogen) atoms. The maximum atomic E-state index is 17.8. The lowest BCUT2D eigenvalue weighted by Crippen LogP contribution is -2.72. The molecule has 0 bridgehead atoms. The molecule has 0 radical (unpaired) electrons. The molecule has 10 atom stereocenters. The molecule has 1 unspecified atom stereocenters. The molecule has 0 amide bonds. The highest BCUT2D eigenvalue weighted by Crippen LogP contribution is 2.70. The number of alkyl halides is 2. The monoisotopic (exact) mass is 549 g/mol. The Morgan fingerprint density at radius 3 is 2.59 bits per heavy atom. The Kier molecular flexibility index (Phi) is 7.25. The van der Waals surface area contributed by atoms with E-state index in [0.717, 1.165) is 12.2 Å². The van der Waals surface area contributed by atoms with Crippen molar-refractivity contribution < 1.29 is 42.5 Å². The van der Waals surface area contributed by atoms with Gasteiger partial charge in [0.05, 0.1) is 12.0 Å². The molecule has 214 valence electrons. The summed E-state index contributed by atoms with van der Waals surface area (Å²) in [5.41, 5.74) is -6.44. The van der Waals surface area contributed by atoms with Crippen molar-refractivity contribution in [1.29, 1.82) is 5.26 Å². The second-order valence-corrected chi connectivity index (χ2v) is 12.6. The highest BCUT2D eigenvalue weighted by atomic mass is 19.1. The molecule has 3 fully saturated rings. The second-order valence-electron chi connectivity index (χ2n) is 12.6. The first-order valence-corrected chi connectivity index (χ1v) is 13.5. The van der Waals surface area contributed by atoms with Crippen molar-refractivity contribution in [1.82, 2.24) is 0 Å². The molecule has 4 rings (SSSR count). The minimum Gasteiger partial charge on any atom is -0.450 e. The fraction of sp³-hybridized carbons (Fsp3) is 0.724. The zero-order valence-corrected chi connectivity index (χ0v) is 23.2. The summed E-state index contributed by atoms with van der Waals surface area (Å²) in [6.07, 6.45) is -2.65. The van der Waals surface area contributed by atoms with Gasteiger partial charge in [0.15, 0.2) is 24.2 Å². The van der Waals surface area contributed by atoms with Gasteiger partial charge in [-0.1, -0.05) is 26.8 Å². The van der Waals surface area contributed by atoms with Gasteiger partial charge in [0, 0.05) is 11.3 Å². The number of hydrogen-bond donors (Lipinski definition) is 1. The van der Waals surface area contributed by atoms with E-state index in [2.05, 4.69) is 0 Å². The Labute approximate surface area is 227 Å². The zero-order chi connectivity index (χ0) is 29.1. The third-order valence-electron chi connectivity index (χ3n) is 9.98. The number of ketones is 1. The summed E-state index contributed by atoms with van der Waals surface area (Å²) in [4.78, 5) is 38.3. The van der Waals surface area contributed by atoms with E-state index in [-0.39, 0.29) is 24.3 Å². The number of hydrogen-bond acceptors (Lipinski definition) is 8. The fourth-order valence-corrected chi connectivity index (χ4v) is 7.79. The molecule has 1 N–H and O–H groups in total. The molecule has 4 aliphatic rings. The van der Waals surface area contributed by atoms with E-state index in [1.54, 1.807) is 40.7 Å². The number of aliphatic hydroxyl groups is 1. The maximum absolute atomic E-state index is 17.8. The summed E-state index contributed by atoms with van der Waals surface area (Å²) in [6.45, 7) is 9.63. The van der Waals surface area contributed by atoms with E-state index in [9.17, 15) is 19.5 Å². The van der Waals surface area contributed by atoms with Gasteiger partial charge in [-0.15, -0.1) is 0 Å². The van der Waals surface area contributed by atoms with Crippen molar-refractivity contribution >= 4 is 17.9 Å². The number of allylic oxidation sites excluding steroid dienone is 3. The molecule has 3 saturated carbocycles. The van der Waals surface area contributed by atoms with Crippen LogP contribution in [0.25, 0.3) is 0 Å².